The number of hydrogen-bond donors (Lipinski definition) is 2. The second kappa shape index (κ2) is 6.81. The molecule has 3 rings (SSSR count). The van der Waals surface area contributed by atoms with Crippen LogP contribution >= 0.6 is 0 Å². The number of H-pyrrole nitrogens is 1. The van der Waals surface area contributed by atoms with Crippen molar-refractivity contribution in [2.75, 3.05) is 0 Å². The molecule has 0 atom stereocenters. The van der Waals surface area contributed by atoms with E-state index in [2.05, 4.69) is 15.1 Å². The predicted octanol–water partition coefficient (Wildman–Crippen LogP) is 4.64. The average Bonchev–Trinajstić information content (AvgIpc) is 3.08. The molecule has 2 N–H and O–H groups in total. The Balaban J connectivity index is 2.15. The summed E-state index contributed by atoms with van der Waals surface area (Å²) in [5.74, 6) is 0.716. The molecule has 5 nitrogen and oxygen atoms in total. The van der Waals surface area contributed by atoms with Crippen molar-refractivity contribution in [3.8, 4) is 28.5 Å². The van der Waals surface area contributed by atoms with Gasteiger partial charge in [-0.3, -0.25) is 4.68 Å². The fourth-order valence-electron chi connectivity index (χ4n) is 2.76. The van der Waals surface area contributed by atoms with E-state index in [1.807, 2.05) is 69.3 Å². The Morgan fingerprint density at radius 3 is 2.56 bits per heavy atom. The number of aromatic hydroxyl groups is 1. The van der Waals surface area contributed by atoms with Gasteiger partial charge in [-0.1, -0.05) is 42.0 Å². The standard InChI is InChI=1S/C20H22N4O/c1-5-9-15-16(12-13(2)3)22-20(21-15)18-19(25)17(23-24(18)4)14-10-7-6-8-11-14/h5-12,25H,1-4H3,(H,21,22)/b9-5-. The molecule has 0 radical (unpaired) electrons. The van der Waals surface area contributed by atoms with Gasteiger partial charge in [0.25, 0.3) is 0 Å². The minimum Gasteiger partial charge on any atom is -0.504 e. The first kappa shape index (κ1) is 16.8. The molecule has 0 aliphatic rings. The predicted molar refractivity (Wildman–Crippen MR) is 102 cm³/mol. The van der Waals surface area contributed by atoms with E-state index in [-0.39, 0.29) is 5.75 Å². The lowest BCUT2D eigenvalue weighted by Gasteiger charge is -1.98. The van der Waals surface area contributed by atoms with Crippen molar-refractivity contribution in [3.63, 3.8) is 0 Å². The number of rotatable bonds is 4. The number of imidazole rings is 1. The number of hydrogen-bond acceptors (Lipinski definition) is 3. The van der Waals surface area contributed by atoms with E-state index >= 15 is 0 Å². The van der Waals surface area contributed by atoms with Crippen LogP contribution in [0.1, 0.15) is 32.2 Å². The van der Waals surface area contributed by atoms with Gasteiger partial charge in [-0.2, -0.15) is 5.10 Å². The van der Waals surface area contributed by atoms with Crippen LogP contribution in [0.5, 0.6) is 5.75 Å². The van der Waals surface area contributed by atoms with Crippen molar-refractivity contribution in [3.05, 3.63) is 53.4 Å². The van der Waals surface area contributed by atoms with Crippen molar-refractivity contribution in [2.45, 2.75) is 20.8 Å². The molecule has 1 aromatic carbocycles. The maximum Gasteiger partial charge on any atom is 0.173 e. The van der Waals surface area contributed by atoms with Crippen molar-refractivity contribution < 1.29 is 5.11 Å². The Bertz CT molecular complexity index is 942. The van der Waals surface area contributed by atoms with Gasteiger partial charge in [0.1, 0.15) is 11.4 Å². The van der Waals surface area contributed by atoms with Gasteiger partial charge in [0.05, 0.1) is 11.4 Å². The van der Waals surface area contributed by atoms with E-state index in [0.717, 1.165) is 17.0 Å². The lowest BCUT2D eigenvalue weighted by Crippen LogP contribution is -1.95. The Hall–Kier alpha value is -3.08. The smallest absolute Gasteiger partial charge is 0.173 e. The van der Waals surface area contributed by atoms with Crippen molar-refractivity contribution >= 4 is 12.2 Å². The van der Waals surface area contributed by atoms with Crippen LogP contribution in [-0.2, 0) is 7.05 Å². The maximum absolute atomic E-state index is 10.8. The summed E-state index contributed by atoms with van der Waals surface area (Å²) in [4.78, 5) is 7.95. The molecule has 0 saturated heterocycles. The van der Waals surface area contributed by atoms with Crippen molar-refractivity contribution in [1.29, 1.82) is 0 Å². The van der Waals surface area contributed by atoms with Gasteiger partial charge in [0, 0.05) is 12.6 Å². The van der Waals surface area contributed by atoms with Crippen molar-refractivity contribution in [2.24, 2.45) is 7.05 Å². The Morgan fingerprint density at radius 2 is 1.92 bits per heavy atom. The quantitative estimate of drug-likeness (QED) is 0.730. The summed E-state index contributed by atoms with van der Waals surface area (Å²) in [5.41, 5.74) is 4.89. The van der Waals surface area contributed by atoms with Crippen LogP contribution in [0.3, 0.4) is 0 Å². The molecule has 5 heteroatoms. The van der Waals surface area contributed by atoms with Crippen LogP contribution in [-0.4, -0.2) is 24.9 Å². The van der Waals surface area contributed by atoms with Crippen LogP contribution in [0, 0.1) is 0 Å². The monoisotopic (exact) mass is 334 g/mol. The lowest BCUT2D eigenvalue weighted by molar-refractivity contribution is 0.478. The first-order valence-corrected chi connectivity index (χ1v) is 8.20. The summed E-state index contributed by atoms with van der Waals surface area (Å²) in [6.07, 6.45) is 5.93. The zero-order valence-electron chi connectivity index (χ0n) is 14.9. The van der Waals surface area contributed by atoms with E-state index < -0.39 is 0 Å². The molecule has 0 aliphatic heterocycles. The van der Waals surface area contributed by atoms with E-state index in [0.29, 0.717) is 17.2 Å². The van der Waals surface area contributed by atoms with E-state index in [9.17, 15) is 5.11 Å². The molecule has 0 saturated carbocycles. The summed E-state index contributed by atoms with van der Waals surface area (Å²) in [6, 6.07) is 9.63. The Kier molecular flexibility index (Phi) is 4.57. The summed E-state index contributed by atoms with van der Waals surface area (Å²) < 4.78 is 1.65. The van der Waals surface area contributed by atoms with Gasteiger partial charge in [0.2, 0.25) is 0 Å². The average molecular weight is 334 g/mol. The molecule has 128 valence electrons. The summed E-state index contributed by atoms with van der Waals surface area (Å²) >= 11 is 0. The topological polar surface area (TPSA) is 66.7 Å². The largest absolute Gasteiger partial charge is 0.504 e. The van der Waals surface area contributed by atoms with E-state index in [1.54, 1.807) is 11.7 Å². The van der Waals surface area contributed by atoms with Gasteiger partial charge in [0.15, 0.2) is 11.6 Å². The zero-order chi connectivity index (χ0) is 18.0. The summed E-state index contributed by atoms with van der Waals surface area (Å²) in [5, 5.41) is 15.2. The third kappa shape index (κ3) is 3.26. The lowest BCUT2D eigenvalue weighted by atomic mass is 10.1. The number of nitrogens with one attached hydrogen (secondary N) is 1. The highest BCUT2D eigenvalue weighted by Gasteiger charge is 2.21. The molecular formula is C20H22N4O. The molecule has 25 heavy (non-hydrogen) atoms. The molecule has 2 aromatic heterocycles. The first-order valence-electron chi connectivity index (χ1n) is 8.20. The van der Waals surface area contributed by atoms with Gasteiger partial charge < -0.3 is 10.1 Å². The molecule has 0 fully saturated rings. The normalized spacial score (nSPS) is 11.2. The minimum absolute atomic E-state index is 0.123. The third-order valence-corrected chi connectivity index (χ3v) is 3.81. The number of benzene rings is 1. The molecular weight excluding hydrogens is 312 g/mol. The van der Waals surface area contributed by atoms with Crippen LogP contribution in [0.2, 0.25) is 0 Å². The van der Waals surface area contributed by atoms with Crippen LogP contribution in [0.4, 0.5) is 0 Å². The molecule has 0 amide bonds. The highest BCUT2D eigenvalue weighted by Crippen LogP contribution is 2.36. The first-order chi connectivity index (χ1) is 12.0. The highest BCUT2D eigenvalue weighted by molar-refractivity contribution is 5.77. The van der Waals surface area contributed by atoms with Crippen LogP contribution in [0.25, 0.3) is 34.9 Å². The minimum atomic E-state index is 0.123. The Morgan fingerprint density at radius 1 is 1.20 bits per heavy atom. The van der Waals surface area contributed by atoms with E-state index in [1.165, 1.54) is 5.57 Å². The summed E-state index contributed by atoms with van der Waals surface area (Å²) in [7, 11) is 1.81. The van der Waals surface area contributed by atoms with Crippen LogP contribution < -0.4 is 0 Å². The molecule has 2 heterocycles. The second-order valence-electron chi connectivity index (χ2n) is 6.14. The second-order valence-corrected chi connectivity index (χ2v) is 6.14. The van der Waals surface area contributed by atoms with E-state index in [4.69, 9.17) is 0 Å². The Labute approximate surface area is 147 Å². The fraction of sp³-hybridized carbons (Fsp3) is 0.200. The molecule has 3 aromatic rings. The zero-order valence-corrected chi connectivity index (χ0v) is 14.9. The highest BCUT2D eigenvalue weighted by atomic mass is 16.3. The number of aromatic amines is 1. The van der Waals surface area contributed by atoms with Gasteiger partial charge in [-0.05, 0) is 32.9 Å². The number of aromatic nitrogens is 4. The van der Waals surface area contributed by atoms with Gasteiger partial charge >= 0.3 is 0 Å². The van der Waals surface area contributed by atoms with Gasteiger partial charge in [-0.15, -0.1) is 0 Å². The molecule has 0 spiro atoms. The molecule has 0 aliphatic carbocycles. The van der Waals surface area contributed by atoms with Gasteiger partial charge in [-0.25, -0.2) is 4.98 Å². The number of aryl methyl sites for hydroxylation is 1. The summed E-state index contributed by atoms with van der Waals surface area (Å²) in [6.45, 7) is 6.03. The molecule has 0 unspecified atom stereocenters. The maximum atomic E-state index is 10.8. The molecule has 0 bridgehead atoms. The third-order valence-electron chi connectivity index (χ3n) is 3.81. The number of nitrogens with zero attached hydrogens (tertiary/aromatic N) is 3. The van der Waals surface area contributed by atoms with Crippen molar-refractivity contribution in [1.82, 2.24) is 19.7 Å². The van der Waals surface area contributed by atoms with Crippen LogP contribution in [0.15, 0.2) is 42.0 Å². The fourth-order valence-corrected chi connectivity index (χ4v) is 2.76. The SMILES string of the molecule is C/C=C\c1nc(-c2c(O)c(-c3ccccc3)nn2C)[nH]c1C=C(C)C. The number of allylic oxidation sites excluding steroid dienone is 2.